The van der Waals surface area contributed by atoms with Crippen molar-refractivity contribution < 1.29 is 4.42 Å². The van der Waals surface area contributed by atoms with Gasteiger partial charge in [-0.25, -0.2) is 0 Å². The molecule has 0 saturated heterocycles. The lowest BCUT2D eigenvalue weighted by Crippen LogP contribution is -2.25. The summed E-state index contributed by atoms with van der Waals surface area (Å²) in [5, 5.41) is 7.86. The second-order valence-electron chi connectivity index (χ2n) is 4.94. The highest BCUT2D eigenvalue weighted by Crippen LogP contribution is 2.19. The van der Waals surface area contributed by atoms with Crippen LogP contribution in [0.3, 0.4) is 0 Å². The van der Waals surface area contributed by atoms with E-state index in [4.69, 9.17) is 16.6 Å². The number of anilines is 1. The van der Waals surface area contributed by atoms with E-state index in [2.05, 4.69) is 15.8 Å². The molecule has 0 unspecified atom stereocenters. The molecule has 1 aromatic carbocycles. The molecule has 1 aromatic heterocycles. The van der Waals surface area contributed by atoms with Gasteiger partial charge in [0.25, 0.3) is 0 Å². The Labute approximate surface area is 130 Å². The Morgan fingerprint density at radius 1 is 1.10 bits per heavy atom. The normalized spacial score (nSPS) is 11.3. The average Bonchev–Trinajstić information content (AvgIpc) is 2.87. The molecule has 4 nitrogen and oxygen atoms in total. The van der Waals surface area contributed by atoms with E-state index in [1.54, 1.807) is 0 Å². The van der Waals surface area contributed by atoms with Crippen LogP contribution < -0.4 is 10.7 Å². The third kappa shape index (κ3) is 3.92. The molecule has 0 aliphatic heterocycles. The summed E-state index contributed by atoms with van der Waals surface area (Å²) in [5.74, 6) is 1.59. The molecule has 0 spiro atoms. The summed E-state index contributed by atoms with van der Waals surface area (Å²) in [6, 6.07) is 9.89. The molecule has 0 aliphatic rings. The van der Waals surface area contributed by atoms with Gasteiger partial charge in [-0.15, -0.1) is 0 Å². The number of hydrogen-bond acceptors (Lipinski definition) is 3. The fraction of sp³-hybridized carbons (Fsp3) is 0.250. The van der Waals surface area contributed by atoms with Crippen LogP contribution in [0.2, 0.25) is 0 Å². The van der Waals surface area contributed by atoms with Crippen molar-refractivity contribution >= 4 is 28.7 Å². The minimum Gasteiger partial charge on any atom is -0.460 e. The Bertz CT molecular complexity index is 668. The first-order valence-electron chi connectivity index (χ1n) is 6.71. The first kappa shape index (κ1) is 15.3. The molecule has 0 aliphatic carbocycles. The van der Waals surface area contributed by atoms with Gasteiger partial charge >= 0.3 is 0 Å². The van der Waals surface area contributed by atoms with E-state index in [0.29, 0.717) is 5.11 Å². The van der Waals surface area contributed by atoms with Crippen LogP contribution in [0.1, 0.15) is 29.6 Å². The predicted octanol–water partition coefficient (Wildman–Crippen LogP) is 3.92. The number of furan rings is 1. The monoisotopic (exact) mass is 301 g/mol. The van der Waals surface area contributed by atoms with Gasteiger partial charge in [-0.3, -0.25) is 5.43 Å². The van der Waals surface area contributed by atoms with Crippen LogP contribution in [-0.4, -0.2) is 10.8 Å². The van der Waals surface area contributed by atoms with Crippen LogP contribution in [0, 0.1) is 20.8 Å². The van der Waals surface area contributed by atoms with Crippen LogP contribution in [0.25, 0.3) is 0 Å². The Hall–Kier alpha value is -2.14. The molecule has 2 rings (SSSR count). The molecule has 110 valence electrons. The van der Waals surface area contributed by atoms with E-state index in [0.717, 1.165) is 34.0 Å². The Kier molecular flexibility index (Phi) is 4.75. The number of rotatable bonds is 3. The van der Waals surface area contributed by atoms with Gasteiger partial charge in [0.2, 0.25) is 0 Å². The number of para-hydroxylation sites is 1. The largest absolute Gasteiger partial charge is 0.460 e. The fourth-order valence-corrected chi connectivity index (χ4v) is 2.12. The molecule has 2 N–H and O–H groups in total. The summed E-state index contributed by atoms with van der Waals surface area (Å²) in [4.78, 5) is 0. The van der Waals surface area contributed by atoms with Crippen LogP contribution in [0.4, 0.5) is 5.69 Å². The Morgan fingerprint density at radius 3 is 2.33 bits per heavy atom. The van der Waals surface area contributed by atoms with E-state index in [1.165, 1.54) is 0 Å². The second-order valence-corrected chi connectivity index (χ2v) is 5.35. The highest BCUT2D eigenvalue weighted by molar-refractivity contribution is 7.80. The first-order valence-corrected chi connectivity index (χ1v) is 7.12. The summed E-state index contributed by atoms with van der Waals surface area (Å²) < 4.78 is 5.50. The van der Waals surface area contributed by atoms with Crippen LogP contribution >= 0.6 is 12.2 Å². The van der Waals surface area contributed by atoms with Crippen LogP contribution in [0.15, 0.2) is 39.9 Å². The molecule has 0 fully saturated rings. The molecule has 0 atom stereocenters. The van der Waals surface area contributed by atoms with Crippen molar-refractivity contribution in [3.63, 3.8) is 0 Å². The van der Waals surface area contributed by atoms with Gasteiger partial charge in [-0.05, 0) is 63.2 Å². The quantitative estimate of drug-likeness (QED) is 0.512. The minimum absolute atomic E-state index is 0.454. The van der Waals surface area contributed by atoms with Crippen LogP contribution in [0.5, 0.6) is 0 Å². The van der Waals surface area contributed by atoms with E-state index >= 15 is 0 Å². The zero-order valence-electron chi connectivity index (χ0n) is 12.7. The topological polar surface area (TPSA) is 49.6 Å². The summed E-state index contributed by atoms with van der Waals surface area (Å²) in [5.41, 5.74) is 6.88. The molecule has 2 aromatic rings. The van der Waals surface area contributed by atoms with Gasteiger partial charge in [-0.2, -0.15) is 5.10 Å². The highest BCUT2D eigenvalue weighted by atomic mass is 32.1. The molecule has 1 heterocycles. The number of hydrogen-bond donors (Lipinski definition) is 2. The van der Waals surface area contributed by atoms with Crippen LogP contribution in [-0.2, 0) is 0 Å². The van der Waals surface area contributed by atoms with Gasteiger partial charge in [-0.1, -0.05) is 18.2 Å². The zero-order chi connectivity index (χ0) is 15.4. The van der Waals surface area contributed by atoms with Gasteiger partial charge < -0.3 is 9.73 Å². The summed E-state index contributed by atoms with van der Waals surface area (Å²) >= 11 is 5.27. The standard InChI is InChI=1S/C16H19N3OS/c1-10-6-5-7-11(2)15(10)17-16(21)19-18-13(4)14-9-8-12(3)20-14/h5-9H,1-4H3,(H2,17,19,21)/b18-13+. The Morgan fingerprint density at radius 2 is 1.76 bits per heavy atom. The van der Waals surface area contributed by atoms with Gasteiger partial charge in [0.15, 0.2) is 5.11 Å². The minimum atomic E-state index is 0.454. The third-order valence-corrected chi connectivity index (χ3v) is 3.34. The molecular weight excluding hydrogens is 282 g/mol. The van der Waals surface area contributed by atoms with E-state index in [9.17, 15) is 0 Å². The Balaban J connectivity index is 2.02. The molecule has 5 heteroatoms. The summed E-state index contributed by atoms with van der Waals surface area (Å²) in [7, 11) is 0. The lowest BCUT2D eigenvalue weighted by molar-refractivity contribution is 0.525. The number of aryl methyl sites for hydroxylation is 3. The fourth-order valence-electron chi connectivity index (χ4n) is 1.97. The number of nitrogens with zero attached hydrogens (tertiary/aromatic N) is 1. The van der Waals surface area contributed by atoms with Crippen molar-refractivity contribution in [2.75, 3.05) is 5.32 Å². The molecule has 0 radical (unpaired) electrons. The maximum Gasteiger partial charge on any atom is 0.191 e. The molecular formula is C16H19N3OS. The maximum absolute atomic E-state index is 5.50. The second kappa shape index (κ2) is 6.54. The highest BCUT2D eigenvalue weighted by Gasteiger charge is 2.05. The number of benzene rings is 1. The van der Waals surface area contributed by atoms with Crippen molar-refractivity contribution in [3.05, 3.63) is 53.0 Å². The number of hydrazone groups is 1. The number of thiocarbonyl (C=S) groups is 1. The molecule has 0 saturated carbocycles. The SMILES string of the molecule is C/C(=N\NC(=S)Nc1c(C)cccc1C)c1ccc(C)o1. The van der Waals surface area contributed by atoms with Crippen molar-refractivity contribution in [1.82, 2.24) is 5.43 Å². The van der Waals surface area contributed by atoms with E-state index in [1.807, 2.05) is 58.0 Å². The summed E-state index contributed by atoms with van der Waals surface area (Å²) in [6.07, 6.45) is 0. The first-order chi connectivity index (χ1) is 9.97. The number of nitrogens with one attached hydrogen (secondary N) is 2. The van der Waals surface area contributed by atoms with Crippen molar-refractivity contribution in [2.24, 2.45) is 5.10 Å². The van der Waals surface area contributed by atoms with Crippen molar-refractivity contribution in [2.45, 2.75) is 27.7 Å². The molecule has 0 bridgehead atoms. The van der Waals surface area contributed by atoms with Crippen molar-refractivity contribution in [1.29, 1.82) is 0 Å². The average molecular weight is 301 g/mol. The summed E-state index contributed by atoms with van der Waals surface area (Å²) in [6.45, 7) is 7.85. The predicted molar refractivity (Wildman–Crippen MR) is 90.9 cm³/mol. The van der Waals surface area contributed by atoms with Gasteiger partial charge in [0.05, 0.1) is 0 Å². The lowest BCUT2D eigenvalue weighted by Gasteiger charge is -2.12. The maximum atomic E-state index is 5.50. The lowest BCUT2D eigenvalue weighted by atomic mass is 10.1. The van der Waals surface area contributed by atoms with E-state index < -0.39 is 0 Å². The molecule has 21 heavy (non-hydrogen) atoms. The zero-order valence-corrected chi connectivity index (χ0v) is 13.5. The molecule has 0 amide bonds. The third-order valence-electron chi connectivity index (χ3n) is 3.14. The van der Waals surface area contributed by atoms with Crippen molar-refractivity contribution in [3.8, 4) is 0 Å². The van der Waals surface area contributed by atoms with Gasteiger partial charge in [0.1, 0.15) is 17.2 Å². The smallest absolute Gasteiger partial charge is 0.191 e. The van der Waals surface area contributed by atoms with Gasteiger partial charge in [0, 0.05) is 5.69 Å². The van der Waals surface area contributed by atoms with E-state index in [-0.39, 0.29) is 0 Å².